The Kier molecular flexibility index (Phi) is 5.58. The van der Waals surface area contributed by atoms with Crippen LogP contribution in [-0.2, 0) is 10.3 Å². The molecule has 1 fully saturated rings. The van der Waals surface area contributed by atoms with Gasteiger partial charge in [0.15, 0.2) is 0 Å². The minimum Gasteiger partial charge on any atom is -0.359 e. The molecule has 0 bridgehead atoms. The van der Waals surface area contributed by atoms with E-state index in [1.165, 1.54) is 0 Å². The monoisotopic (exact) mass is 377 g/mol. The lowest BCUT2D eigenvalue weighted by atomic mass is 9.80. The van der Waals surface area contributed by atoms with E-state index in [0.717, 1.165) is 36.1 Å². The molecule has 3 aromatic rings. The van der Waals surface area contributed by atoms with E-state index >= 15 is 0 Å². The normalized spacial score (nSPS) is 17.9. The summed E-state index contributed by atoms with van der Waals surface area (Å²) in [6, 6.07) is 31.7. The number of hydrogen-bond acceptors (Lipinski definition) is 2. The topological polar surface area (TPSA) is 12.5 Å². The average Bonchev–Trinajstić information content (AvgIpc) is 3.16. The van der Waals surface area contributed by atoms with E-state index in [1.807, 2.05) is 22.6 Å². The molecular weight excluding hydrogens is 354 g/mol. The van der Waals surface area contributed by atoms with Crippen LogP contribution in [0, 0.1) is 0 Å². The molecule has 1 heterocycles. The van der Waals surface area contributed by atoms with Gasteiger partial charge in [0.2, 0.25) is 0 Å². The van der Waals surface area contributed by atoms with Crippen LogP contribution >= 0.6 is 11.8 Å². The van der Waals surface area contributed by atoms with Crippen molar-refractivity contribution in [3.05, 3.63) is 108 Å². The molecule has 27 heavy (non-hydrogen) atoms. The van der Waals surface area contributed by atoms with Gasteiger partial charge in [-0.05, 0) is 41.3 Å². The molecule has 0 amide bonds. The maximum atomic E-state index is 6.82. The molecule has 138 valence electrons. The Hall–Kier alpha value is -2.13. The van der Waals surface area contributed by atoms with Crippen LogP contribution in [0.3, 0.4) is 0 Å². The highest BCUT2D eigenvalue weighted by molar-refractivity contribution is 6.13. The first-order valence-corrected chi connectivity index (χ1v) is 9.87. The van der Waals surface area contributed by atoms with E-state index in [2.05, 4.69) is 72.8 Å². The zero-order valence-electron chi connectivity index (χ0n) is 15.3. The largest absolute Gasteiger partial charge is 0.359 e. The summed E-state index contributed by atoms with van der Waals surface area (Å²) >= 11 is 6.40. The van der Waals surface area contributed by atoms with E-state index < -0.39 is 5.60 Å². The zero-order chi connectivity index (χ0) is 18.5. The number of benzene rings is 3. The first-order valence-electron chi connectivity index (χ1n) is 9.53. The molecule has 1 aliphatic heterocycles. The summed E-state index contributed by atoms with van der Waals surface area (Å²) in [6.45, 7) is 1.51. The fourth-order valence-corrected chi connectivity index (χ4v) is 4.23. The van der Waals surface area contributed by atoms with Gasteiger partial charge in [-0.25, -0.2) is 4.42 Å². The van der Waals surface area contributed by atoms with Crippen LogP contribution in [0.25, 0.3) is 0 Å². The fraction of sp³-hybridized carbons (Fsp3) is 0.250. The molecule has 4 rings (SSSR count). The van der Waals surface area contributed by atoms with Crippen LogP contribution in [0.15, 0.2) is 91.0 Å². The second kappa shape index (κ2) is 8.26. The molecule has 2 nitrogen and oxygen atoms in total. The lowest BCUT2D eigenvalue weighted by Crippen LogP contribution is -2.37. The molecule has 1 aliphatic rings. The first kappa shape index (κ1) is 18.2. The third-order valence-electron chi connectivity index (χ3n) is 5.34. The zero-order valence-corrected chi connectivity index (χ0v) is 16.1. The van der Waals surface area contributed by atoms with Gasteiger partial charge in [0.05, 0.1) is 6.61 Å². The van der Waals surface area contributed by atoms with Crippen molar-refractivity contribution in [1.29, 1.82) is 0 Å². The second-order valence-electron chi connectivity index (χ2n) is 7.01. The molecule has 0 unspecified atom stereocenters. The number of halogens is 1. The lowest BCUT2D eigenvalue weighted by molar-refractivity contribution is -0.00572. The van der Waals surface area contributed by atoms with E-state index in [0.29, 0.717) is 6.61 Å². The third-order valence-corrected chi connectivity index (χ3v) is 5.78. The van der Waals surface area contributed by atoms with Crippen molar-refractivity contribution in [1.82, 2.24) is 4.42 Å². The van der Waals surface area contributed by atoms with Crippen molar-refractivity contribution < 1.29 is 4.74 Å². The molecule has 0 aliphatic carbocycles. The fourth-order valence-electron chi connectivity index (χ4n) is 3.95. The summed E-state index contributed by atoms with van der Waals surface area (Å²) in [5, 5.41) is 0. The maximum Gasteiger partial charge on any atom is 0.143 e. The molecule has 0 spiro atoms. The highest BCUT2D eigenvalue weighted by atomic mass is 35.5. The Bertz CT molecular complexity index is 741. The number of ether oxygens (including phenoxy) is 1. The van der Waals surface area contributed by atoms with Crippen LogP contribution < -0.4 is 0 Å². The van der Waals surface area contributed by atoms with Crippen LogP contribution in [-0.4, -0.2) is 23.6 Å². The Morgan fingerprint density at radius 2 is 1.22 bits per heavy atom. The highest BCUT2D eigenvalue weighted by Gasteiger charge is 2.39. The van der Waals surface area contributed by atoms with Crippen molar-refractivity contribution in [2.45, 2.75) is 24.5 Å². The van der Waals surface area contributed by atoms with Crippen molar-refractivity contribution in [2.24, 2.45) is 0 Å². The molecular formula is C24H24ClNO. The molecule has 1 saturated heterocycles. The van der Waals surface area contributed by atoms with E-state index in [9.17, 15) is 0 Å². The SMILES string of the molecule is ClN1CCC[C@H]1COC(c1ccccc1)(c1ccccc1)c1ccccc1. The van der Waals surface area contributed by atoms with Crippen molar-refractivity contribution in [3.8, 4) is 0 Å². The minimum absolute atomic E-state index is 0.238. The summed E-state index contributed by atoms with van der Waals surface area (Å²) in [6.07, 6.45) is 2.19. The Morgan fingerprint density at radius 1 is 0.778 bits per heavy atom. The number of nitrogens with zero attached hydrogens (tertiary/aromatic N) is 1. The van der Waals surface area contributed by atoms with Crippen LogP contribution in [0.1, 0.15) is 29.5 Å². The molecule has 3 heteroatoms. The van der Waals surface area contributed by atoms with Crippen LogP contribution in [0.5, 0.6) is 0 Å². The predicted octanol–water partition coefficient (Wildman–Crippen LogP) is 5.61. The summed E-state index contributed by atoms with van der Waals surface area (Å²) in [5.41, 5.74) is 2.72. The van der Waals surface area contributed by atoms with Gasteiger partial charge >= 0.3 is 0 Å². The number of hydrogen-bond donors (Lipinski definition) is 0. The van der Waals surface area contributed by atoms with Crippen molar-refractivity contribution in [3.63, 3.8) is 0 Å². The molecule has 3 aromatic carbocycles. The van der Waals surface area contributed by atoms with Gasteiger partial charge in [-0.2, -0.15) is 0 Å². The Morgan fingerprint density at radius 3 is 1.59 bits per heavy atom. The average molecular weight is 378 g/mol. The Balaban J connectivity index is 1.84. The van der Waals surface area contributed by atoms with E-state index in [-0.39, 0.29) is 6.04 Å². The van der Waals surface area contributed by atoms with Gasteiger partial charge in [0.1, 0.15) is 5.60 Å². The Labute approximate surface area is 166 Å². The quantitative estimate of drug-likeness (QED) is 0.408. The standard InChI is InChI=1S/C24H24ClNO/c25-26-18-10-17-23(26)19-27-24(20-11-4-1-5-12-20,21-13-6-2-7-14-21)22-15-8-3-9-16-22/h1-9,11-16,23H,10,17-19H2/t23-/m0/s1. The lowest BCUT2D eigenvalue weighted by Gasteiger charge is -2.37. The second-order valence-corrected chi connectivity index (χ2v) is 7.44. The van der Waals surface area contributed by atoms with Crippen LogP contribution in [0.4, 0.5) is 0 Å². The molecule has 0 radical (unpaired) electrons. The van der Waals surface area contributed by atoms with Crippen molar-refractivity contribution in [2.75, 3.05) is 13.2 Å². The van der Waals surface area contributed by atoms with Crippen LogP contribution in [0.2, 0.25) is 0 Å². The van der Waals surface area contributed by atoms with Gasteiger partial charge in [-0.1, -0.05) is 91.0 Å². The molecule has 0 N–H and O–H groups in total. The first-order chi connectivity index (χ1) is 13.3. The van der Waals surface area contributed by atoms with Gasteiger partial charge in [-0.15, -0.1) is 0 Å². The van der Waals surface area contributed by atoms with Crippen molar-refractivity contribution >= 4 is 11.8 Å². The highest BCUT2D eigenvalue weighted by Crippen LogP contribution is 2.41. The van der Waals surface area contributed by atoms with E-state index in [4.69, 9.17) is 16.5 Å². The summed E-state index contributed by atoms with van der Waals surface area (Å²) in [4.78, 5) is 0. The van der Waals surface area contributed by atoms with Gasteiger partial charge < -0.3 is 4.74 Å². The molecule has 0 aromatic heterocycles. The number of rotatable bonds is 6. The molecule has 0 saturated carbocycles. The molecule has 1 atom stereocenters. The van der Waals surface area contributed by atoms with Gasteiger partial charge in [0, 0.05) is 12.6 Å². The minimum atomic E-state index is -0.663. The smallest absolute Gasteiger partial charge is 0.143 e. The van der Waals surface area contributed by atoms with E-state index in [1.54, 1.807) is 0 Å². The predicted molar refractivity (Wildman–Crippen MR) is 111 cm³/mol. The summed E-state index contributed by atoms with van der Waals surface area (Å²) < 4.78 is 8.71. The van der Waals surface area contributed by atoms with Gasteiger partial charge in [0.25, 0.3) is 0 Å². The maximum absolute atomic E-state index is 6.82. The summed E-state index contributed by atoms with van der Waals surface area (Å²) in [5.74, 6) is 0. The third kappa shape index (κ3) is 3.66. The summed E-state index contributed by atoms with van der Waals surface area (Å²) in [7, 11) is 0. The van der Waals surface area contributed by atoms with Gasteiger partial charge in [-0.3, -0.25) is 0 Å².